The minimum Gasteiger partial charge on any atom is -0.363 e. The molecule has 1 fully saturated rings. The first-order valence-corrected chi connectivity index (χ1v) is 11.0. The third kappa shape index (κ3) is 5.34. The van der Waals surface area contributed by atoms with Crippen LogP contribution in [0.1, 0.15) is 18.4 Å². The lowest BCUT2D eigenvalue weighted by atomic mass is 9.97. The Morgan fingerprint density at radius 2 is 1.84 bits per heavy atom. The second-order valence-electron chi connectivity index (χ2n) is 7.49. The number of sulfonamides is 1. The van der Waals surface area contributed by atoms with Gasteiger partial charge in [-0.1, -0.05) is 6.07 Å². The van der Waals surface area contributed by atoms with E-state index in [0.717, 1.165) is 28.3 Å². The van der Waals surface area contributed by atoms with Crippen molar-refractivity contribution in [3.63, 3.8) is 0 Å². The summed E-state index contributed by atoms with van der Waals surface area (Å²) in [6, 6.07) is 7.18. The van der Waals surface area contributed by atoms with Gasteiger partial charge >= 0.3 is 6.18 Å². The van der Waals surface area contributed by atoms with E-state index >= 15 is 0 Å². The lowest BCUT2D eigenvalue weighted by molar-refractivity contribution is -0.137. The summed E-state index contributed by atoms with van der Waals surface area (Å²) in [5.41, 5.74) is -0.480. The van der Waals surface area contributed by atoms with Gasteiger partial charge in [-0.3, -0.25) is 4.79 Å². The number of hydrogen-bond donors (Lipinski definition) is 1. The van der Waals surface area contributed by atoms with E-state index in [-0.39, 0.29) is 31.8 Å². The molecular formula is C20H23F3N4O3S. The van der Waals surface area contributed by atoms with E-state index in [0.29, 0.717) is 11.8 Å². The van der Waals surface area contributed by atoms with Crippen LogP contribution in [0.5, 0.6) is 0 Å². The molecule has 1 aliphatic rings. The zero-order valence-corrected chi connectivity index (χ0v) is 17.9. The fourth-order valence-corrected chi connectivity index (χ4v) is 4.83. The van der Waals surface area contributed by atoms with Crippen molar-refractivity contribution < 1.29 is 26.4 Å². The van der Waals surface area contributed by atoms with Gasteiger partial charge in [0.25, 0.3) is 0 Å². The summed E-state index contributed by atoms with van der Waals surface area (Å²) in [6.45, 7) is 0.100. The topological polar surface area (TPSA) is 82.6 Å². The molecule has 168 valence electrons. The Morgan fingerprint density at radius 3 is 2.39 bits per heavy atom. The third-order valence-corrected chi connectivity index (χ3v) is 6.99. The van der Waals surface area contributed by atoms with Crippen molar-refractivity contribution in [1.29, 1.82) is 0 Å². The highest BCUT2D eigenvalue weighted by Crippen LogP contribution is 2.32. The second kappa shape index (κ2) is 8.83. The number of benzene rings is 1. The number of piperidine rings is 1. The minimum absolute atomic E-state index is 0.0501. The number of amides is 1. The number of alkyl halides is 3. The van der Waals surface area contributed by atoms with Gasteiger partial charge in [0.05, 0.1) is 22.3 Å². The number of anilines is 2. The largest absolute Gasteiger partial charge is 0.416 e. The SMILES string of the molecule is CN(C)c1ccc(NC(=O)C2CCN(S(=O)(=O)c3cccc(C(F)(F)F)c3)CC2)cn1. The van der Waals surface area contributed by atoms with Gasteiger partial charge in [0.2, 0.25) is 15.9 Å². The van der Waals surface area contributed by atoms with Gasteiger partial charge in [-0.25, -0.2) is 13.4 Å². The molecule has 2 aromatic rings. The van der Waals surface area contributed by atoms with Gasteiger partial charge < -0.3 is 10.2 Å². The summed E-state index contributed by atoms with van der Waals surface area (Å²) in [6.07, 6.45) is -2.54. The Hall–Kier alpha value is -2.66. The number of hydrogen-bond acceptors (Lipinski definition) is 5. The van der Waals surface area contributed by atoms with E-state index in [1.807, 2.05) is 19.0 Å². The van der Waals surface area contributed by atoms with Crippen LogP contribution >= 0.6 is 0 Å². The number of halogens is 3. The van der Waals surface area contributed by atoms with E-state index in [2.05, 4.69) is 10.3 Å². The average Bonchev–Trinajstić information content (AvgIpc) is 2.73. The third-order valence-electron chi connectivity index (χ3n) is 5.10. The van der Waals surface area contributed by atoms with Gasteiger partial charge in [0.1, 0.15) is 5.82 Å². The normalized spacial score (nSPS) is 16.2. The van der Waals surface area contributed by atoms with Crippen molar-refractivity contribution in [2.75, 3.05) is 37.4 Å². The lowest BCUT2D eigenvalue weighted by Gasteiger charge is -2.30. The molecule has 0 radical (unpaired) electrons. The van der Waals surface area contributed by atoms with E-state index in [9.17, 15) is 26.4 Å². The van der Waals surface area contributed by atoms with Crippen LogP contribution in [0.4, 0.5) is 24.7 Å². The van der Waals surface area contributed by atoms with E-state index in [1.165, 1.54) is 0 Å². The molecule has 0 saturated carbocycles. The fraction of sp³-hybridized carbons (Fsp3) is 0.400. The summed E-state index contributed by atoms with van der Waals surface area (Å²) in [7, 11) is -0.381. The molecule has 1 amide bonds. The number of nitrogens with one attached hydrogen (secondary N) is 1. The van der Waals surface area contributed by atoms with Crippen molar-refractivity contribution in [2.45, 2.75) is 23.9 Å². The van der Waals surface area contributed by atoms with E-state index < -0.39 is 32.6 Å². The lowest BCUT2D eigenvalue weighted by Crippen LogP contribution is -2.41. The maximum Gasteiger partial charge on any atom is 0.416 e. The Kier molecular flexibility index (Phi) is 6.56. The molecule has 1 aromatic carbocycles. The van der Waals surface area contributed by atoms with Crippen molar-refractivity contribution in [3.8, 4) is 0 Å². The van der Waals surface area contributed by atoms with Gasteiger partial charge in [-0.05, 0) is 43.2 Å². The molecule has 3 rings (SSSR count). The van der Waals surface area contributed by atoms with E-state index in [1.54, 1.807) is 18.3 Å². The molecular weight excluding hydrogens is 433 g/mol. The molecule has 0 unspecified atom stereocenters. The summed E-state index contributed by atoms with van der Waals surface area (Å²) >= 11 is 0. The zero-order valence-electron chi connectivity index (χ0n) is 17.1. The monoisotopic (exact) mass is 456 g/mol. The number of nitrogens with zero attached hydrogens (tertiary/aromatic N) is 3. The molecule has 1 aromatic heterocycles. The van der Waals surface area contributed by atoms with Gasteiger partial charge in [0, 0.05) is 33.1 Å². The fourth-order valence-electron chi connectivity index (χ4n) is 3.31. The van der Waals surface area contributed by atoms with Gasteiger partial charge in [0.15, 0.2) is 0 Å². The molecule has 1 saturated heterocycles. The van der Waals surface area contributed by atoms with E-state index in [4.69, 9.17) is 0 Å². The summed E-state index contributed by atoms with van der Waals surface area (Å²) < 4.78 is 65.4. The van der Waals surface area contributed by atoms with Crippen LogP contribution in [0.2, 0.25) is 0 Å². The maximum atomic E-state index is 12.9. The van der Waals surface area contributed by atoms with Gasteiger partial charge in [-0.15, -0.1) is 0 Å². The van der Waals surface area contributed by atoms with Crippen molar-refractivity contribution in [3.05, 3.63) is 48.2 Å². The predicted octanol–water partition coefficient (Wildman–Crippen LogP) is 3.21. The highest BCUT2D eigenvalue weighted by Gasteiger charge is 2.35. The average molecular weight is 456 g/mol. The van der Waals surface area contributed by atoms with Crippen LogP contribution in [-0.4, -0.2) is 50.8 Å². The van der Waals surface area contributed by atoms with Gasteiger partial charge in [-0.2, -0.15) is 17.5 Å². The molecule has 0 atom stereocenters. The van der Waals surface area contributed by atoms with Crippen molar-refractivity contribution >= 4 is 27.4 Å². The Labute approximate surface area is 178 Å². The Morgan fingerprint density at radius 1 is 1.16 bits per heavy atom. The Balaban J connectivity index is 1.62. The molecule has 0 spiro atoms. The summed E-state index contributed by atoms with van der Waals surface area (Å²) in [5.74, 6) is 0.100. The molecule has 2 heterocycles. The Bertz CT molecular complexity index is 1030. The smallest absolute Gasteiger partial charge is 0.363 e. The molecule has 1 aliphatic heterocycles. The van der Waals surface area contributed by atoms with Crippen LogP contribution in [0.25, 0.3) is 0 Å². The summed E-state index contributed by atoms with van der Waals surface area (Å²) in [4.78, 5) is 18.2. The first kappa shape index (κ1) is 23.0. The van der Waals surface area contributed by atoms with Crippen LogP contribution in [0, 0.1) is 5.92 Å². The number of pyridine rings is 1. The molecule has 0 aliphatic carbocycles. The highest BCUT2D eigenvalue weighted by atomic mass is 32.2. The highest BCUT2D eigenvalue weighted by molar-refractivity contribution is 7.89. The van der Waals surface area contributed by atoms with Crippen molar-refractivity contribution in [2.24, 2.45) is 5.92 Å². The first-order chi connectivity index (χ1) is 14.5. The van der Waals surface area contributed by atoms with Crippen LogP contribution < -0.4 is 10.2 Å². The number of carbonyl (C=O) groups excluding carboxylic acids is 1. The number of rotatable bonds is 5. The predicted molar refractivity (Wildman–Crippen MR) is 110 cm³/mol. The summed E-state index contributed by atoms with van der Waals surface area (Å²) in [5, 5.41) is 2.77. The minimum atomic E-state index is -4.63. The molecule has 1 N–H and O–H groups in total. The maximum absolute atomic E-state index is 12.9. The quantitative estimate of drug-likeness (QED) is 0.747. The number of aromatic nitrogens is 1. The molecule has 11 heteroatoms. The van der Waals surface area contributed by atoms with Crippen molar-refractivity contribution in [1.82, 2.24) is 9.29 Å². The van der Waals surface area contributed by atoms with Crippen LogP contribution in [0.15, 0.2) is 47.5 Å². The zero-order chi connectivity index (χ0) is 22.8. The standard InChI is InChI=1S/C20H23F3N4O3S/c1-26(2)18-7-6-16(13-24-18)25-19(28)14-8-10-27(11-9-14)31(29,30)17-5-3-4-15(12-17)20(21,22)23/h3-7,12-14H,8-11H2,1-2H3,(H,25,28). The number of carbonyl (C=O) groups is 1. The molecule has 31 heavy (non-hydrogen) atoms. The molecule has 0 bridgehead atoms. The molecule has 7 nitrogen and oxygen atoms in total. The second-order valence-corrected chi connectivity index (χ2v) is 9.43. The van der Waals surface area contributed by atoms with Crippen LogP contribution in [0.3, 0.4) is 0 Å². The van der Waals surface area contributed by atoms with Crippen LogP contribution in [-0.2, 0) is 21.0 Å². The first-order valence-electron chi connectivity index (χ1n) is 9.60.